The lowest BCUT2D eigenvalue weighted by atomic mass is 9.76. The lowest BCUT2D eigenvalue weighted by molar-refractivity contribution is 0.115. The maximum absolute atomic E-state index is 12.7. The highest BCUT2D eigenvalue weighted by Gasteiger charge is 2.48. The number of hydrogen-bond acceptors (Lipinski definition) is 6. The SMILES string of the molecule is O=[S@@]1CCN(C2(CO)CCC2)c2nc(N3CC4CC3CC4c3ccc(Cl)cc3)ncc21. The molecule has 1 saturated heterocycles. The van der Waals surface area contributed by atoms with E-state index in [9.17, 15) is 9.32 Å². The molecular weight excluding hydrogens is 432 g/mol. The molecule has 1 aromatic heterocycles. The smallest absolute Gasteiger partial charge is 0.227 e. The molecule has 164 valence electrons. The first-order chi connectivity index (χ1) is 15.1. The molecule has 6 rings (SSSR count). The van der Waals surface area contributed by atoms with Crippen LogP contribution in [0.2, 0.25) is 5.02 Å². The topological polar surface area (TPSA) is 69.6 Å². The van der Waals surface area contributed by atoms with Gasteiger partial charge in [0.2, 0.25) is 5.95 Å². The predicted octanol–water partition coefficient (Wildman–Crippen LogP) is 3.36. The second kappa shape index (κ2) is 7.42. The Kier molecular flexibility index (Phi) is 4.78. The second-order valence-corrected chi connectivity index (χ2v) is 11.5. The minimum atomic E-state index is -1.07. The number of aliphatic hydroxyl groups is 1. The van der Waals surface area contributed by atoms with E-state index in [4.69, 9.17) is 16.6 Å². The Balaban J connectivity index is 1.28. The summed E-state index contributed by atoms with van der Waals surface area (Å²) in [5, 5.41) is 10.9. The van der Waals surface area contributed by atoms with Gasteiger partial charge in [-0.05, 0) is 61.6 Å². The summed E-state index contributed by atoms with van der Waals surface area (Å²) in [4.78, 5) is 14.9. The number of hydrogen-bond donors (Lipinski definition) is 1. The van der Waals surface area contributed by atoms with Gasteiger partial charge in [0, 0.05) is 29.9 Å². The third-order valence-corrected chi connectivity index (χ3v) is 9.56. The van der Waals surface area contributed by atoms with Crippen LogP contribution >= 0.6 is 11.6 Å². The highest BCUT2D eigenvalue weighted by molar-refractivity contribution is 7.85. The zero-order valence-electron chi connectivity index (χ0n) is 17.4. The summed E-state index contributed by atoms with van der Waals surface area (Å²) >= 11 is 6.07. The fraction of sp³-hybridized carbons (Fsp3) is 0.565. The van der Waals surface area contributed by atoms with E-state index in [0.29, 0.717) is 30.2 Å². The van der Waals surface area contributed by atoms with Gasteiger partial charge >= 0.3 is 0 Å². The van der Waals surface area contributed by atoms with E-state index < -0.39 is 10.8 Å². The van der Waals surface area contributed by atoms with Crippen molar-refractivity contribution in [2.24, 2.45) is 5.92 Å². The Morgan fingerprint density at radius 1 is 1.23 bits per heavy atom. The Morgan fingerprint density at radius 2 is 2.03 bits per heavy atom. The van der Waals surface area contributed by atoms with Gasteiger partial charge in [0.25, 0.3) is 0 Å². The van der Waals surface area contributed by atoms with Crippen molar-refractivity contribution < 1.29 is 9.32 Å². The molecule has 0 radical (unpaired) electrons. The molecule has 8 heteroatoms. The molecule has 2 aliphatic carbocycles. The molecule has 2 aliphatic heterocycles. The number of piperidine rings is 1. The van der Waals surface area contributed by atoms with Gasteiger partial charge < -0.3 is 14.9 Å². The van der Waals surface area contributed by atoms with Gasteiger partial charge in [-0.2, -0.15) is 4.98 Å². The Morgan fingerprint density at radius 3 is 2.68 bits per heavy atom. The van der Waals surface area contributed by atoms with Gasteiger partial charge in [-0.15, -0.1) is 0 Å². The number of rotatable bonds is 4. The first-order valence-electron chi connectivity index (χ1n) is 11.2. The molecular formula is C23H27ClN4O2S. The minimum absolute atomic E-state index is 0.121. The van der Waals surface area contributed by atoms with Crippen LogP contribution in [0.1, 0.15) is 43.6 Å². The van der Waals surface area contributed by atoms with Crippen molar-refractivity contribution in [1.29, 1.82) is 0 Å². The Hall–Kier alpha value is -1.70. The Bertz CT molecular complexity index is 1020. The summed E-state index contributed by atoms with van der Waals surface area (Å²) in [5.41, 5.74) is 1.13. The van der Waals surface area contributed by atoms with Gasteiger partial charge in [0.05, 0.1) is 34.0 Å². The van der Waals surface area contributed by atoms with E-state index in [1.807, 2.05) is 12.1 Å². The molecule has 2 bridgehead atoms. The number of benzene rings is 1. The first kappa shape index (κ1) is 19.9. The van der Waals surface area contributed by atoms with Crippen molar-refractivity contribution in [1.82, 2.24) is 9.97 Å². The van der Waals surface area contributed by atoms with Gasteiger partial charge in [-0.25, -0.2) is 4.98 Å². The zero-order chi connectivity index (χ0) is 21.2. The van der Waals surface area contributed by atoms with E-state index in [1.54, 1.807) is 6.20 Å². The average molecular weight is 459 g/mol. The van der Waals surface area contributed by atoms with Crippen LogP contribution in [0.3, 0.4) is 0 Å². The molecule has 31 heavy (non-hydrogen) atoms. The first-order valence-corrected chi connectivity index (χ1v) is 12.9. The van der Waals surface area contributed by atoms with Crippen molar-refractivity contribution in [3.8, 4) is 0 Å². The molecule has 4 aliphatic rings. The van der Waals surface area contributed by atoms with Gasteiger partial charge in [-0.3, -0.25) is 4.21 Å². The normalized spacial score (nSPS) is 30.9. The van der Waals surface area contributed by atoms with E-state index in [-0.39, 0.29) is 12.1 Å². The summed E-state index contributed by atoms with van der Waals surface area (Å²) in [6, 6.07) is 8.72. The maximum Gasteiger partial charge on any atom is 0.227 e. The number of nitrogens with zero attached hydrogens (tertiary/aromatic N) is 4. The number of halogens is 1. The summed E-state index contributed by atoms with van der Waals surface area (Å²) in [7, 11) is -1.07. The third kappa shape index (κ3) is 3.11. The number of anilines is 2. The van der Waals surface area contributed by atoms with Crippen molar-refractivity contribution in [2.45, 2.75) is 54.5 Å². The van der Waals surface area contributed by atoms with Gasteiger partial charge in [-0.1, -0.05) is 23.7 Å². The van der Waals surface area contributed by atoms with Crippen molar-refractivity contribution in [2.75, 3.05) is 35.2 Å². The fourth-order valence-electron chi connectivity index (χ4n) is 6.11. The summed E-state index contributed by atoms with van der Waals surface area (Å²) in [5.74, 6) is 3.26. The molecule has 0 spiro atoms. The van der Waals surface area contributed by atoms with Crippen molar-refractivity contribution in [3.05, 3.63) is 41.0 Å². The van der Waals surface area contributed by atoms with E-state index >= 15 is 0 Å². The number of aliphatic hydroxyl groups excluding tert-OH is 1. The van der Waals surface area contributed by atoms with Crippen LogP contribution < -0.4 is 9.80 Å². The van der Waals surface area contributed by atoms with Gasteiger partial charge in [0.15, 0.2) is 5.82 Å². The highest BCUT2D eigenvalue weighted by atomic mass is 35.5. The fourth-order valence-corrected chi connectivity index (χ4v) is 7.34. The third-order valence-electron chi connectivity index (χ3n) is 7.97. The standard InChI is InChI=1S/C23H27ClN4O2S/c24-17-4-2-15(3-5-17)19-11-18-10-16(19)13-27(18)22-25-12-20-21(26-22)28(8-9-31(20)30)23(14-29)6-1-7-23/h2-5,12,16,18-19,29H,1,6-11,13-14H2/t16?,18?,19?,31-/m1/s1. The number of aromatic nitrogens is 2. The predicted molar refractivity (Wildman–Crippen MR) is 122 cm³/mol. The molecule has 2 saturated carbocycles. The van der Waals surface area contributed by atoms with Crippen LogP contribution in [0.5, 0.6) is 0 Å². The Labute approximate surface area is 190 Å². The molecule has 0 amide bonds. The van der Waals surface area contributed by atoms with Crippen molar-refractivity contribution >= 4 is 34.2 Å². The van der Waals surface area contributed by atoms with Crippen LogP contribution in [0.4, 0.5) is 11.8 Å². The monoisotopic (exact) mass is 458 g/mol. The lowest BCUT2D eigenvalue weighted by Crippen LogP contribution is -2.59. The van der Waals surface area contributed by atoms with E-state index in [2.05, 4.69) is 26.9 Å². The lowest BCUT2D eigenvalue weighted by Gasteiger charge is -2.51. The summed E-state index contributed by atoms with van der Waals surface area (Å²) < 4.78 is 12.7. The molecule has 1 aromatic carbocycles. The summed E-state index contributed by atoms with van der Waals surface area (Å²) in [6.45, 7) is 1.75. The molecule has 4 atom stereocenters. The largest absolute Gasteiger partial charge is 0.394 e. The van der Waals surface area contributed by atoms with Crippen LogP contribution in [0.25, 0.3) is 0 Å². The number of fused-ring (bicyclic) bond motifs is 3. The van der Waals surface area contributed by atoms with Gasteiger partial charge in [0.1, 0.15) is 0 Å². The zero-order valence-corrected chi connectivity index (χ0v) is 19.0. The van der Waals surface area contributed by atoms with Crippen LogP contribution in [0.15, 0.2) is 35.4 Å². The molecule has 3 heterocycles. The molecule has 3 unspecified atom stereocenters. The molecule has 3 fully saturated rings. The molecule has 1 N–H and O–H groups in total. The molecule has 2 aromatic rings. The van der Waals surface area contributed by atoms with Crippen molar-refractivity contribution in [3.63, 3.8) is 0 Å². The summed E-state index contributed by atoms with van der Waals surface area (Å²) in [6.07, 6.45) is 7.08. The quantitative estimate of drug-likeness (QED) is 0.757. The second-order valence-electron chi connectivity index (χ2n) is 9.49. The van der Waals surface area contributed by atoms with Crippen LogP contribution in [-0.2, 0) is 10.8 Å². The maximum atomic E-state index is 12.7. The molecule has 6 nitrogen and oxygen atoms in total. The van der Waals surface area contributed by atoms with E-state index in [0.717, 1.165) is 60.3 Å². The van der Waals surface area contributed by atoms with E-state index in [1.165, 1.54) is 5.56 Å². The van der Waals surface area contributed by atoms with Crippen LogP contribution in [-0.4, -0.2) is 56.3 Å². The minimum Gasteiger partial charge on any atom is -0.394 e. The average Bonchev–Trinajstić information content (AvgIpc) is 3.36. The van der Waals surface area contributed by atoms with Crippen LogP contribution in [0, 0.1) is 5.92 Å². The highest BCUT2D eigenvalue weighted by Crippen LogP contribution is 2.49.